The van der Waals surface area contributed by atoms with Crippen LogP contribution in [0.2, 0.25) is 0 Å². The molecule has 6 heteroatoms. The number of methoxy groups -OCH3 is 1. The molecule has 0 spiro atoms. The first-order chi connectivity index (χ1) is 11.4. The molecule has 0 bridgehead atoms. The summed E-state index contributed by atoms with van der Waals surface area (Å²) < 4.78 is 32.1. The largest absolute Gasteiger partial charge is 0.497 e. The van der Waals surface area contributed by atoms with Crippen molar-refractivity contribution >= 4 is 15.7 Å². The average Bonchev–Trinajstić information content (AvgIpc) is 2.98. The molecule has 2 aromatic carbocycles. The topological polar surface area (TPSA) is 59.0 Å². The Labute approximate surface area is 142 Å². The predicted octanol–water partition coefficient (Wildman–Crippen LogP) is 3.19. The van der Waals surface area contributed by atoms with Crippen LogP contribution in [0.25, 0.3) is 0 Å². The second-order valence-corrected chi connectivity index (χ2v) is 7.72. The van der Waals surface area contributed by atoms with Crippen molar-refractivity contribution in [3.63, 3.8) is 0 Å². The third-order valence-corrected chi connectivity index (χ3v) is 5.86. The summed E-state index contributed by atoms with van der Waals surface area (Å²) in [5.41, 5.74) is 2.64. The third kappa shape index (κ3) is 3.01. The van der Waals surface area contributed by atoms with Gasteiger partial charge in [-0.25, -0.2) is 0 Å². The molecule has 0 N–H and O–H groups in total. The van der Waals surface area contributed by atoms with Gasteiger partial charge in [0, 0.05) is 12.0 Å². The fraction of sp³-hybridized carbons (Fsp3) is 0.278. The minimum Gasteiger partial charge on any atom is -0.497 e. The molecule has 1 unspecified atom stereocenters. The molecule has 2 aromatic rings. The van der Waals surface area contributed by atoms with E-state index in [2.05, 4.69) is 5.10 Å². The standard InChI is InChI=1S/C18H20N2O3S/c1-13-7-9-17(10-8-13)24(21,22)20-14(2)11-18(19-20)15-5-4-6-16(12-15)23-3/h4-10,12,14H,11H2,1-3H3. The van der Waals surface area contributed by atoms with Crippen LogP contribution < -0.4 is 4.74 Å². The van der Waals surface area contributed by atoms with Crippen molar-refractivity contribution in [2.45, 2.75) is 31.2 Å². The Hall–Kier alpha value is -2.34. The minimum atomic E-state index is -3.65. The molecule has 0 saturated heterocycles. The summed E-state index contributed by atoms with van der Waals surface area (Å²) in [5, 5.41) is 4.39. The van der Waals surface area contributed by atoms with Gasteiger partial charge in [-0.05, 0) is 38.1 Å². The van der Waals surface area contributed by atoms with E-state index in [1.165, 1.54) is 4.41 Å². The Bertz CT molecular complexity index is 873. The van der Waals surface area contributed by atoms with Gasteiger partial charge >= 0.3 is 0 Å². The van der Waals surface area contributed by atoms with Crippen LogP contribution in [0.3, 0.4) is 0 Å². The van der Waals surface area contributed by atoms with Gasteiger partial charge in [0.05, 0.1) is 23.8 Å². The lowest BCUT2D eigenvalue weighted by Crippen LogP contribution is -2.30. The lowest BCUT2D eigenvalue weighted by Gasteiger charge is -2.19. The number of benzene rings is 2. The SMILES string of the molecule is COc1cccc(C2=NN(S(=O)(=O)c3ccc(C)cc3)C(C)C2)c1. The number of nitrogens with zero attached hydrogens (tertiary/aromatic N) is 2. The quantitative estimate of drug-likeness (QED) is 0.856. The molecule has 0 aromatic heterocycles. The lowest BCUT2D eigenvalue weighted by molar-refractivity contribution is 0.384. The summed E-state index contributed by atoms with van der Waals surface area (Å²) >= 11 is 0. The Morgan fingerprint density at radius 2 is 1.88 bits per heavy atom. The van der Waals surface area contributed by atoms with E-state index in [0.717, 1.165) is 22.6 Å². The summed E-state index contributed by atoms with van der Waals surface area (Å²) in [6.45, 7) is 3.79. The van der Waals surface area contributed by atoms with Crippen LogP contribution in [0, 0.1) is 6.92 Å². The number of sulfonamides is 1. The summed E-state index contributed by atoms with van der Waals surface area (Å²) in [4.78, 5) is 0.260. The summed E-state index contributed by atoms with van der Waals surface area (Å²) in [6.07, 6.45) is 0.568. The highest BCUT2D eigenvalue weighted by atomic mass is 32.2. The van der Waals surface area contributed by atoms with Crippen LogP contribution in [-0.2, 0) is 10.0 Å². The van der Waals surface area contributed by atoms with E-state index in [1.807, 2.05) is 38.1 Å². The van der Waals surface area contributed by atoms with Gasteiger partial charge < -0.3 is 4.74 Å². The molecule has 0 radical (unpaired) electrons. The first-order valence-electron chi connectivity index (χ1n) is 7.75. The molecule has 0 amide bonds. The summed E-state index contributed by atoms with van der Waals surface area (Å²) in [6, 6.07) is 14.1. The number of aryl methyl sites for hydroxylation is 1. The molecule has 1 atom stereocenters. The molecule has 0 fully saturated rings. The van der Waals surface area contributed by atoms with Crippen LogP contribution in [0.5, 0.6) is 5.75 Å². The van der Waals surface area contributed by atoms with E-state index in [9.17, 15) is 8.42 Å². The van der Waals surface area contributed by atoms with Crippen molar-refractivity contribution in [3.8, 4) is 5.75 Å². The zero-order valence-electron chi connectivity index (χ0n) is 13.9. The van der Waals surface area contributed by atoms with Crippen LogP contribution in [0.4, 0.5) is 0 Å². The van der Waals surface area contributed by atoms with E-state index in [4.69, 9.17) is 4.74 Å². The molecule has 0 saturated carbocycles. The van der Waals surface area contributed by atoms with Crippen LogP contribution in [0.15, 0.2) is 58.5 Å². The summed E-state index contributed by atoms with van der Waals surface area (Å²) in [5.74, 6) is 0.725. The number of rotatable bonds is 4. The number of hydrogen-bond donors (Lipinski definition) is 0. The molecule has 3 rings (SSSR count). The normalized spacial score (nSPS) is 17.7. The van der Waals surface area contributed by atoms with E-state index in [0.29, 0.717) is 6.42 Å². The van der Waals surface area contributed by atoms with Gasteiger partial charge in [-0.2, -0.15) is 17.9 Å². The van der Waals surface area contributed by atoms with E-state index in [-0.39, 0.29) is 10.9 Å². The highest BCUT2D eigenvalue weighted by molar-refractivity contribution is 7.89. The molecular formula is C18H20N2O3S. The van der Waals surface area contributed by atoms with Crippen LogP contribution in [0.1, 0.15) is 24.5 Å². The summed E-state index contributed by atoms with van der Waals surface area (Å²) in [7, 11) is -2.04. The first kappa shape index (κ1) is 16.5. The molecule has 1 aliphatic rings. The van der Waals surface area contributed by atoms with Crippen LogP contribution in [-0.4, -0.2) is 31.7 Å². The molecule has 24 heavy (non-hydrogen) atoms. The lowest BCUT2D eigenvalue weighted by atomic mass is 10.1. The molecule has 1 heterocycles. The molecule has 5 nitrogen and oxygen atoms in total. The van der Waals surface area contributed by atoms with E-state index < -0.39 is 10.0 Å². The van der Waals surface area contributed by atoms with Crippen molar-refractivity contribution < 1.29 is 13.2 Å². The van der Waals surface area contributed by atoms with Gasteiger partial charge in [0.1, 0.15) is 5.75 Å². The highest BCUT2D eigenvalue weighted by Crippen LogP contribution is 2.28. The predicted molar refractivity (Wildman–Crippen MR) is 93.8 cm³/mol. The Morgan fingerprint density at radius 3 is 2.54 bits per heavy atom. The number of hydrazone groups is 1. The Kier molecular flexibility index (Phi) is 4.32. The third-order valence-electron chi connectivity index (χ3n) is 4.05. The molecule has 1 aliphatic heterocycles. The second kappa shape index (κ2) is 6.28. The van der Waals surface area contributed by atoms with Gasteiger partial charge in [-0.1, -0.05) is 29.8 Å². The molecule has 0 aliphatic carbocycles. The van der Waals surface area contributed by atoms with Gasteiger partial charge in [0.25, 0.3) is 10.0 Å². The van der Waals surface area contributed by atoms with Crippen LogP contribution >= 0.6 is 0 Å². The van der Waals surface area contributed by atoms with Crippen molar-refractivity contribution in [3.05, 3.63) is 59.7 Å². The smallest absolute Gasteiger partial charge is 0.279 e. The maximum Gasteiger partial charge on any atom is 0.279 e. The number of ether oxygens (including phenoxy) is 1. The van der Waals surface area contributed by atoms with Gasteiger partial charge in [0.15, 0.2) is 0 Å². The highest BCUT2D eigenvalue weighted by Gasteiger charge is 2.34. The van der Waals surface area contributed by atoms with Crippen molar-refractivity contribution in [2.24, 2.45) is 5.10 Å². The van der Waals surface area contributed by atoms with Gasteiger partial charge in [0.2, 0.25) is 0 Å². The Balaban J connectivity index is 1.96. The fourth-order valence-corrected chi connectivity index (χ4v) is 4.15. The first-order valence-corrected chi connectivity index (χ1v) is 9.19. The fourth-order valence-electron chi connectivity index (χ4n) is 2.70. The van der Waals surface area contributed by atoms with Crippen molar-refractivity contribution in [2.75, 3.05) is 7.11 Å². The molecular weight excluding hydrogens is 324 g/mol. The molecule has 126 valence electrons. The van der Waals surface area contributed by atoms with Crippen molar-refractivity contribution in [1.82, 2.24) is 4.41 Å². The zero-order chi connectivity index (χ0) is 17.3. The number of hydrogen-bond acceptors (Lipinski definition) is 4. The van der Waals surface area contributed by atoms with Gasteiger partial charge in [-0.3, -0.25) is 0 Å². The zero-order valence-corrected chi connectivity index (χ0v) is 14.7. The van der Waals surface area contributed by atoms with E-state index in [1.54, 1.807) is 31.4 Å². The Morgan fingerprint density at radius 1 is 1.17 bits per heavy atom. The minimum absolute atomic E-state index is 0.225. The van der Waals surface area contributed by atoms with Gasteiger partial charge in [-0.15, -0.1) is 0 Å². The average molecular weight is 344 g/mol. The maximum atomic E-state index is 12.9. The van der Waals surface area contributed by atoms with E-state index >= 15 is 0 Å². The monoisotopic (exact) mass is 344 g/mol. The van der Waals surface area contributed by atoms with Crippen molar-refractivity contribution in [1.29, 1.82) is 0 Å². The second-order valence-electron chi connectivity index (χ2n) is 5.92. The maximum absolute atomic E-state index is 12.9.